The molecule has 27 heavy (non-hydrogen) atoms. The highest BCUT2D eigenvalue weighted by atomic mass is 35.5. The summed E-state index contributed by atoms with van der Waals surface area (Å²) in [4.78, 5) is 17.6. The molecule has 1 amide bonds. The van der Waals surface area contributed by atoms with Gasteiger partial charge in [0.05, 0.1) is 18.0 Å². The summed E-state index contributed by atoms with van der Waals surface area (Å²) in [6.07, 6.45) is 2.33. The zero-order chi connectivity index (χ0) is 20.1. The lowest BCUT2D eigenvalue weighted by Crippen LogP contribution is -2.19. The quantitative estimate of drug-likeness (QED) is 0.595. The van der Waals surface area contributed by atoms with Gasteiger partial charge in [0.2, 0.25) is 0 Å². The van der Waals surface area contributed by atoms with Crippen LogP contribution in [0.1, 0.15) is 60.1 Å². The molecule has 2 rings (SSSR count). The van der Waals surface area contributed by atoms with Gasteiger partial charge in [0.15, 0.2) is 5.75 Å². The standard InChI is InChI=1S/C21H26Cl2N2O2/c1-6-9-27-20-17(12(4)24-13(5)18(20)23)21(26)25-19-14(7-2)10-16(22)11-15(19)8-3/h10-11H,6-9H2,1-5H3,(H,25,26). The van der Waals surface area contributed by atoms with E-state index in [2.05, 4.69) is 10.3 Å². The Labute approximate surface area is 171 Å². The first-order chi connectivity index (χ1) is 12.8. The molecule has 0 aliphatic heterocycles. The van der Waals surface area contributed by atoms with Crippen molar-refractivity contribution in [2.45, 2.75) is 53.9 Å². The third kappa shape index (κ3) is 4.74. The van der Waals surface area contributed by atoms with Gasteiger partial charge in [0, 0.05) is 10.7 Å². The minimum absolute atomic E-state index is 0.278. The Balaban J connectivity index is 2.52. The van der Waals surface area contributed by atoms with Crippen molar-refractivity contribution in [3.63, 3.8) is 0 Å². The SMILES string of the molecule is CCCOc1c(Cl)c(C)nc(C)c1C(=O)Nc1c(CC)cc(Cl)cc1CC. The predicted octanol–water partition coefficient (Wildman–Crippen LogP) is 6.17. The van der Waals surface area contributed by atoms with E-state index in [1.165, 1.54) is 0 Å². The molecular weight excluding hydrogens is 383 g/mol. The van der Waals surface area contributed by atoms with Gasteiger partial charge in [-0.2, -0.15) is 0 Å². The monoisotopic (exact) mass is 408 g/mol. The molecule has 0 atom stereocenters. The summed E-state index contributed by atoms with van der Waals surface area (Å²) in [5.41, 5.74) is 4.39. The van der Waals surface area contributed by atoms with Crippen molar-refractivity contribution in [1.29, 1.82) is 0 Å². The molecule has 1 N–H and O–H groups in total. The van der Waals surface area contributed by atoms with Crippen LogP contribution in [0.4, 0.5) is 5.69 Å². The minimum atomic E-state index is -0.278. The number of nitrogens with one attached hydrogen (secondary N) is 1. The van der Waals surface area contributed by atoms with Crippen LogP contribution in [-0.4, -0.2) is 17.5 Å². The van der Waals surface area contributed by atoms with E-state index in [9.17, 15) is 4.79 Å². The number of nitrogens with zero attached hydrogens (tertiary/aromatic N) is 1. The second-order valence-electron chi connectivity index (χ2n) is 6.41. The summed E-state index contributed by atoms with van der Waals surface area (Å²) in [6.45, 7) is 10.1. The Morgan fingerprint density at radius 1 is 1.07 bits per heavy atom. The van der Waals surface area contributed by atoms with Gasteiger partial charge in [-0.05, 0) is 56.4 Å². The van der Waals surface area contributed by atoms with Crippen LogP contribution in [0.15, 0.2) is 12.1 Å². The smallest absolute Gasteiger partial charge is 0.261 e. The fourth-order valence-electron chi connectivity index (χ4n) is 3.02. The number of aryl methyl sites for hydroxylation is 4. The van der Waals surface area contributed by atoms with Crippen LogP contribution in [0.5, 0.6) is 5.75 Å². The Hall–Kier alpha value is -1.78. The van der Waals surface area contributed by atoms with Crippen molar-refractivity contribution in [3.05, 3.63) is 50.3 Å². The third-order valence-corrected chi connectivity index (χ3v) is 5.05. The lowest BCUT2D eigenvalue weighted by atomic mass is 10.0. The van der Waals surface area contributed by atoms with Gasteiger partial charge >= 0.3 is 0 Å². The Morgan fingerprint density at radius 3 is 2.19 bits per heavy atom. The number of carbonyl (C=O) groups excluding carboxylic acids is 1. The lowest BCUT2D eigenvalue weighted by molar-refractivity contribution is 0.102. The number of rotatable bonds is 7. The van der Waals surface area contributed by atoms with Crippen LogP contribution in [0, 0.1) is 13.8 Å². The summed E-state index contributed by atoms with van der Waals surface area (Å²) >= 11 is 12.6. The molecule has 0 bridgehead atoms. The summed E-state index contributed by atoms with van der Waals surface area (Å²) in [5, 5.41) is 4.10. The van der Waals surface area contributed by atoms with Crippen LogP contribution < -0.4 is 10.1 Å². The number of ether oxygens (including phenoxy) is 1. The third-order valence-electron chi connectivity index (χ3n) is 4.39. The summed E-state index contributed by atoms with van der Waals surface area (Å²) in [7, 11) is 0. The van der Waals surface area contributed by atoms with E-state index in [4.69, 9.17) is 27.9 Å². The predicted molar refractivity (Wildman–Crippen MR) is 113 cm³/mol. The number of carbonyl (C=O) groups is 1. The molecule has 0 unspecified atom stereocenters. The van der Waals surface area contributed by atoms with Gasteiger partial charge in [0.25, 0.3) is 5.91 Å². The normalized spacial score (nSPS) is 10.8. The first kappa shape index (κ1) is 21.5. The number of hydrogen-bond donors (Lipinski definition) is 1. The number of pyridine rings is 1. The summed E-state index contributed by atoms with van der Waals surface area (Å²) < 4.78 is 5.82. The van der Waals surface area contributed by atoms with Gasteiger partial charge < -0.3 is 10.1 Å². The van der Waals surface area contributed by atoms with E-state index in [0.717, 1.165) is 36.1 Å². The Morgan fingerprint density at radius 2 is 1.67 bits per heavy atom. The van der Waals surface area contributed by atoms with Crippen LogP contribution >= 0.6 is 23.2 Å². The van der Waals surface area contributed by atoms with E-state index in [1.54, 1.807) is 13.8 Å². The lowest BCUT2D eigenvalue weighted by Gasteiger charge is -2.19. The molecular formula is C21H26Cl2N2O2. The first-order valence-electron chi connectivity index (χ1n) is 9.26. The number of amides is 1. The van der Waals surface area contributed by atoms with Crippen molar-refractivity contribution in [1.82, 2.24) is 4.98 Å². The van der Waals surface area contributed by atoms with Gasteiger partial charge in [-0.15, -0.1) is 0 Å². The second-order valence-corrected chi connectivity index (χ2v) is 7.22. The molecule has 6 heteroatoms. The van der Waals surface area contributed by atoms with E-state index in [1.807, 2.05) is 32.9 Å². The molecule has 1 aromatic heterocycles. The first-order valence-corrected chi connectivity index (χ1v) is 10.0. The van der Waals surface area contributed by atoms with Crippen molar-refractivity contribution in [2.75, 3.05) is 11.9 Å². The number of halogens is 2. The molecule has 1 aromatic carbocycles. The molecule has 146 valence electrons. The molecule has 0 fully saturated rings. The fraction of sp³-hybridized carbons (Fsp3) is 0.429. The van der Waals surface area contributed by atoms with Crippen molar-refractivity contribution < 1.29 is 9.53 Å². The topological polar surface area (TPSA) is 51.2 Å². The van der Waals surface area contributed by atoms with Crippen LogP contribution in [0.2, 0.25) is 10.0 Å². The largest absolute Gasteiger partial charge is 0.491 e. The van der Waals surface area contributed by atoms with Gasteiger partial charge in [-0.1, -0.05) is 44.0 Å². The molecule has 0 saturated heterocycles. The maximum absolute atomic E-state index is 13.2. The Bertz CT molecular complexity index is 826. The number of anilines is 1. The van der Waals surface area contributed by atoms with E-state index < -0.39 is 0 Å². The zero-order valence-corrected chi connectivity index (χ0v) is 18.0. The second kappa shape index (κ2) is 9.43. The molecule has 0 aliphatic carbocycles. The van der Waals surface area contributed by atoms with Gasteiger partial charge in [-0.25, -0.2) is 0 Å². The molecule has 0 aliphatic rings. The van der Waals surface area contributed by atoms with Crippen molar-refractivity contribution >= 4 is 34.8 Å². The van der Waals surface area contributed by atoms with Crippen LogP contribution in [0.25, 0.3) is 0 Å². The van der Waals surface area contributed by atoms with E-state index in [-0.39, 0.29) is 5.91 Å². The van der Waals surface area contributed by atoms with E-state index >= 15 is 0 Å². The molecule has 1 heterocycles. The van der Waals surface area contributed by atoms with Gasteiger partial charge in [0.1, 0.15) is 10.6 Å². The van der Waals surface area contributed by atoms with Crippen molar-refractivity contribution in [3.8, 4) is 5.75 Å². The minimum Gasteiger partial charge on any atom is -0.491 e. The highest BCUT2D eigenvalue weighted by Gasteiger charge is 2.23. The van der Waals surface area contributed by atoms with Crippen LogP contribution in [0.3, 0.4) is 0 Å². The highest BCUT2D eigenvalue weighted by Crippen LogP contribution is 2.34. The molecule has 4 nitrogen and oxygen atoms in total. The average molecular weight is 409 g/mol. The molecule has 0 spiro atoms. The molecule has 2 aromatic rings. The number of aromatic nitrogens is 1. The Kier molecular flexibility index (Phi) is 7.51. The van der Waals surface area contributed by atoms with Crippen LogP contribution in [-0.2, 0) is 12.8 Å². The maximum Gasteiger partial charge on any atom is 0.261 e. The maximum atomic E-state index is 13.2. The fourth-order valence-corrected chi connectivity index (χ4v) is 3.48. The number of benzene rings is 1. The highest BCUT2D eigenvalue weighted by molar-refractivity contribution is 6.33. The number of hydrogen-bond acceptors (Lipinski definition) is 3. The van der Waals surface area contributed by atoms with E-state index in [0.29, 0.717) is 39.4 Å². The van der Waals surface area contributed by atoms with Crippen molar-refractivity contribution in [2.24, 2.45) is 0 Å². The molecule has 0 radical (unpaired) electrons. The average Bonchev–Trinajstić information content (AvgIpc) is 2.64. The van der Waals surface area contributed by atoms with Gasteiger partial charge in [-0.3, -0.25) is 9.78 Å². The summed E-state index contributed by atoms with van der Waals surface area (Å²) in [6, 6.07) is 3.77. The summed E-state index contributed by atoms with van der Waals surface area (Å²) in [5.74, 6) is 0.116. The molecule has 0 saturated carbocycles. The zero-order valence-electron chi connectivity index (χ0n) is 16.5.